The highest BCUT2D eigenvalue weighted by Gasteiger charge is 2.10. The molecule has 0 aliphatic rings. The van der Waals surface area contributed by atoms with Crippen LogP contribution in [-0.4, -0.2) is 11.9 Å². The summed E-state index contributed by atoms with van der Waals surface area (Å²) in [5, 5.41) is 23.4. The third kappa shape index (κ3) is 6.20. The number of nitrogens with zero attached hydrogens (tertiary/aromatic N) is 1. The number of carboxylic acid groups (broad SMARTS) is 1. The van der Waals surface area contributed by atoms with Gasteiger partial charge in [0.15, 0.2) is 0 Å². The fourth-order valence-electron chi connectivity index (χ4n) is 2.65. The first kappa shape index (κ1) is 21.6. The molecule has 3 aromatic rings. The highest BCUT2D eigenvalue weighted by molar-refractivity contribution is 6.30. The minimum absolute atomic E-state index is 0.0746. The lowest BCUT2D eigenvalue weighted by molar-refractivity contribution is -0.255. The molecule has 1 amide bonds. The zero-order valence-electron chi connectivity index (χ0n) is 16.2. The van der Waals surface area contributed by atoms with E-state index in [1.807, 2.05) is 18.2 Å². The van der Waals surface area contributed by atoms with Crippen molar-refractivity contribution in [3.8, 4) is 11.8 Å². The summed E-state index contributed by atoms with van der Waals surface area (Å²) < 4.78 is 5.71. The first-order valence-electron chi connectivity index (χ1n) is 9.16. The Hall–Kier alpha value is -4.08. The number of nitrogens with one attached hydrogen (secondary N) is 1. The van der Waals surface area contributed by atoms with Crippen molar-refractivity contribution in [3.05, 3.63) is 100 Å². The van der Waals surface area contributed by atoms with Crippen molar-refractivity contribution in [3.63, 3.8) is 0 Å². The smallest absolute Gasteiger partial charge is 0.266 e. The number of hydrogen-bond donors (Lipinski definition) is 1. The third-order valence-corrected chi connectivity index (χ3v) is 4.48. The second kappa shape index (κ2) is 10.1. The molecule has 0 spiro atoms. The minimum atomic E-state index is -1.36. The van der Waals surface area contributed by atoms with Gasteiger partial charge in [-0.25, -0.2) is 0 Å². The maximum Gasteiger partial charge on any atom is 0.266 e. The Morgan fingerprint density at radius 2 is 1.77 bits per heavy atom. The molecule has 0 aromatic heterocycles. The van der Waals surface area contributed by atoms with Crippen LogP contribution in [0.1, 0.15) is 21.5 Å². The Kier molecular flexibility index (Phi) is 7.05. The van der Waals surface area contributed by atoms with Crippen LogP contribution in [0.3, 0.4) is 0 Å². The molecule has 3 aromatic carbocycles. The summed E-state index contributed by atoms with van der Waals surface area (Å²) in [5.74, 6) is -1.37. The van der Waals surface area contributed by atoms with Crippen LogP contribution in [0.15, 0.2) is 78.4 Å². The number of aromatic carboxylic acids is 1. The zero-order valence-corrected chi connectivity index (χ0v) is 16.9. The second-order valence-corrected chi connectivity index (χ2v) is 6.91. The first-order chi connectivity index (χ1) is 14.9. The van der Waals surface area contributed by atoms with E-state index in [2.05, 4.69) is 5.32 Å². The van der Waals surface area contributed by atoms with E-state index in [9.17, 15) is 20.0 Å². The van der Waals surface area contributed by atoms with Crippen molar-refractivity contribution in [2.45, 2.75) is 6.61 Å². The van der Waals surface area contributed by atoms with Gasteiger partial charge in [-0.3, -0.25) is 4.79 Å². The number of carboxylic acids is 1. The van der Waals surface area contributed by atoms with Gasteiger partial charge < -0.3 is 20.0 Å². The summed E-state index contributed by atoms with van der Waals surface area (Å²) in [6.45, 7) is 0.378. The molecular formula is C24H16ClN2O4-. The number of amides is 1. The first-order valence-corrected chi connectivity index (χ1v) is 9.54. The van der Waals surface area contributed by atoms with Crippen LogP contribution in [-0.2, 0) is 11.4 Å². The molecule has 0 saturated heterocycles. The summed E-state index contributed by atoms with van der Waals surface area (Å²) in [7, 11) is 0. The van der Waals surface area contributed by atoms with Gasteiger partial charge in [0.2, 0.25) is 0 Å². The molecule has 0 aliphatic heterocycles. The van der Waals surface area contributed by atoms with Crippen LogP contribution < -0.4 is 15.2 Å². The van der Waals surface area contributed by atoms with Crippen LogP contribution in [0, 0.1) is 11.3 Å². The van der Waals surface area contributed by atoms with Gasteiger partial charge in [-0.1, -0.05) is 48.0 Å². The third-order valence-electron chi connectivity index (χ3n) is 4.23. The molecule has 31 heavy (non-hydrogen) atoms. The molecule has 0 atom stereocenters. The maximum absolute atomic E-state index is 12.4. The largest absolute Gasteiger partial charge is 0.545 e. The summed E-state index contributed by atoms with van der Waals surface area (Å²) in [6, 6.07) is 21.7. The van der Waals surface area contributed by atoms with Crippen LogP contribution >= 0.6 is 11.6 Å². The van der Waals surface area contributed by atoms with Gasteiger partial charge >= 0.3 is 0 Å². The Morgan fingerprint density at radius 3 is 2.42 bits per heavy atom. The molecule has 0 saturated carbocycles. The molecular weight excluding hydrogens is 416 g/mol. The van der Waals surface area contributed by atoms with Crippen molar-refractivity contribution in [2.75, 3.05) is 5.32 Å². The normalized spacial score (nSPS) is 10.8. The number of halogens is 1. The second-order valence-electron chi connectivity index (χ2n) is 6.48. The van der Waals surface area contributed by atoms with Crippen LogP contribution in [0.5, 0.6) is 5.75 Å². The van der Waals surface area contributed by atoms with Gasteiger partial charge in [-0.05, 0) is 59.2 Å². The Morgan fingerprint density at radius 1 is 1.06 bits per heavy atom. The van der Waals surface area contributed by atoms with Gasteiger partial charge in [0, 0.05) is 10.7 Å². The summed E-state index contributed by atoms with van der Waals surface area (Å²) in [4.78, 5) is 23.3. The molecule has 1 N–H and O–H groups in total. The molecule has 154 valence electrons. The van der Waals surface area contributed by atoms with Crippen LogP contribution in [0.4, 0.5) is 5.69 Å². The lowest BCUT2D eigenvalue weighted by atomic mass is 10.1. The minimum Gasteiger partial charge on any atom is -0.545 e. The molecule has 0 bridgehead atoms. The topological polar surface area (TPSA) is 102 Å². The SMILES string of the molecule is N#C/C(=C\c1ccc(OCc2ccc(Cl)cc2)cc1)C(=O)Nc1cccc(C(=O)[O-])c1. The van der Waals surface area contributed by atoms with Gasteiger partial charge in [0.05, 0.1) is 5.97 Å². The molecule has 0 aliphatic carbocycles. The number of nitriles is 1. The van der Waals surface area contributed by atoms with Crippen molar-refractivity contribution < 1.29 is 19.4 Å². The van der Waals surface area contributed by atoms with Crippen molar-refractivity contribution in [1.29, 1.82) is 5.26 Å². The van der Waals surface area contributed by atoms with E-state index in [1.165, 1.54) is 30.3 Å². The van der Waals surface area contributed by atoms with Crippen LogP contribution in [0.2, 0.25) is 5.02 Å². The number of hydrogen-bond acceptors (Lipinski definition) is 5. The summed E-state index contributed by atoms with van der Waals surface area (Å²) in [6.07, 6.45) is 1.43. The van der Waals surface area contributed by atoms with E-state index in [4.69, 9.17) is 16.3 Å². The van der Waals surface area contributed by atoms with Gasteiger partial charge in [0.1, 0.15) is 24.0 Å². The lowest BCUT2D eigenvalue weighted by Crippen LogP contribution is -2.22. The van der Waals surface area contributed by atoms with Gasteiger partial charge in [-0.15, -0.1) is 0 Å². The fraction of sp³-hybridized carbons (Fsp3) is 0.0417. The summed E-state index contributed by atoms with van der Waals surface area (Å²) in [5.41, 5.74) is 1.65. The molecule has 7 heteroatoms. The highest BCUT2D eigenvalue weighted by Crippen LogP contribution is 2.18. The molecule has 0 unspecified atom stereocenters. The van der Waals surface area contributed by atoms with E-state index in [0.717, 1.165) is 5.56 Å². The molecule has 3 rings (SSSR count). The molecule has 6 nitrogen and oxygen atoms in total. The van der Waals surface area contributed by atoms with E-state index in [1.54, 1.807) is 36.4 Å². The van der Waals surface area contributed by atoms with Gasteiger partial charge in [0.25, 0.3) is 5.91 Å². The number of ether oxygens (including phenoxy) is 1. The van der Waals surface area contributed by atoms with E-state index in [0.29, 0.717) is 22.9 Å². The molecule has 0 radical (unpaired) electrons. The quantitative estimate of drug-likeness (QED) is 0.452. The molecule has 0 fully saturated rings. The van der Waals surface area contributed by atoms with E-state index >= 15 is 0 Å². The highest BCUT2D eigenvalue weighted by atomic mass is 35.5. The number of rotatable bonds is 7. The van der Waals surface area contributed by atoms with Crippen LogP contribution in [0.25, 0.3) is 6.08 Å². The monoisotopic (exact) mass is 431 g/mol. The standard InChI is InChI=1S/C24H17ClN2O4/c25-20-8-4-17(5-9-20)15-31-22-10-6-16(7-11-22)12-19(14-26)23(28)27-21-3-1-2-18(13-21)24(29)30/h1-13H,15H2,(H,27,28)(H,29,30)/p-1/b19-12+. The van der Waals surface area contributed by atoms with Crippen molar-refractivity contribution in [2.24, 2.45) is 0 Å². The zero-order chi connectivity index (χ0) is 22.2. The number of carbonyl (C=O) groups is 2. The van der Waals surface area contributed by atoms with E-state index < -0.39 is 11.9 Å². The predicted molar refractivity (Wildman–Crippen MR) is 115 cm³/mol. The Bertz CT molecular complexity index is 1160. The number of benzene rings is 3. The Labute approximate surface area is 184 Å². The van der Waals surface area contributed by atoms with Crippen molar-refractivity contribution >= 4 is 35.2 Å². The average Bonchev–Trinajstić information content (AvgIpc) is 2.78. The molecule has 0 heterocycles. The maximum atomic E-state index is 12.4. The average molecular weight is 432 g/mol. The van der Waals surface area contributed by atoms with Gasteiger partial charge in [-0.2, -0.15) is 5.26 Å². The lowest BCUT2D eigenvalue weighted by Gasteiger charge is -2.08. The Balaban J connectivity index is 1.65. The summed E-state index contributed by atoms with van der Waals surface area (Å²) >= 11 is 5.86. The number of anilines is 1. The fourth-order valence-corrected chi connectivity index (χ4v) is 2.77. The number of carbonyl (C=O) groups excluding carboxylic acids is 2. The van der Waals surface area contributed by atoms with Crippen molar-refractivity contribution in [1.82, 2.24) is 0 Å². The predicted octanol–water partition coefficient (Wildman–Crippen LogP) is 3.83. The van der Waals surface area contributed by atoms with E-state index in [-0.39, 0.29) is 16.8 Å².